The Bertz CT molecular complexity index is 556. The van der Waals surface area contributed by atoms with E-state index in [0.29, 0.717) is 43.2 Å². The van der Waals surface area contributed by atoms with E-state index in [9.17, 15) is 13.2 Å². The van der Waals surface area contributed by atoms with Gasteiger partial charge in [-0.1, -0.05) is 0 Å². The lowest BCUT2D eigenvalue weighted by molar-refractivity contribution is -0.148. The highest BCUT2D eigenvalue weighted by Crippen LogP contribution is 2.46. The van der Waals surface area contributed by atoms with Gasteiger partial charge in [-0.15, -0.1) is 24.8 Å². The van der Waals surface area contributed by atoms with Gasteiger partial charge in [-0.3, -0.25) is 4.90 Å². The van der Waals surface area contributed by atoms with Gasteiger partial charge in [0.25, 0.3) is 0 Å². The van der Waals surface area contributed by atoms with E-state index in [1.165, 1.54) is 21.3 Å². The maximum absolute atomic E-state index is 13.2. The molecule has 0 amide bonds. The smallest absolute Gasteiger partial charge is 0.390 e. The fourth-order valence-electron chi connectivity index (χ4n) is 3.04. The van der Waals surface area contributed by atoms with Crippen molar-refractivity contribution in [3.63, 3.8) is 0 Å². The van der Waals surface area contributed by atoms with Gasteiger partial charge in [-0.25, -0.2) is 0 Å². The topological polar surface area (TPSA) is 43.0 Å². The van der Waals surface area contributed by atoms with Gasteiger partial charge in [0.1, 0.15) is 0 Å². The second-order valence-electron chi connectivity index (χ2n) is 5.54. The number of nitrogens with one attached hydrogen (secondary N) is 1. The third-order valence-corrected chi connectivity index (χ3v) is 4.11. The van der Waals surface area contributed by atoms with E-state index in [2.05, 4.69) is 5.32 Å². The molecule has 1 fully saturated rings. The SMILES string of the molecule is COc1ccc([C@@H](CC(F)(F)F)N2CCNCC2)c(OC)c1OC.Cl.Cl. The Morgan fingerprint density at radius 1 is 1.00 bits per heavy atom. The lowest BCUT2D eigenvalue weighted by Crippen LogP contribution is -2.46. The Morgan fingerprint density at radius 2 is 1.58 bits per heavy atom. The van der Waals surface area contributed by atoms with Gasteiger partial charge < -0.3 is 19.5 Å². The van der Waals surface area contributed by atoms with E-state index >= 15 is 0 Å². The van der Waals surface area contributed by atoms with Crippen molar-refractivity contribution in [2.45, 2.75) is 18.6 Å². The number of rotatable bonds is 6. The van der Waals surface area contributed by atoms with Gasteiger partial charge in [-0.05, 0) is 12.1 Å². The molecule has 1 atom stereocenters. The van der Waals surface area contributed by atoms with E-state index in [1.807, 2.05) is 4.90 Å². The van der Waals surface area contributed by atoms with E-state index in [-0.39, 0.29) is 30.6 Å². The van der Waals surface area contributed by atoms with Crippen molar-refractivity contribution in [3.05, 3.63) is 17.7 Å². The minimum absolute atomic E-state index is 0. The molecule has 152 valence electrons. The van der Waals surface area contributed by atoms with E-state index in [4.69, 9.17) is 14.2 Å². The van der Waals surface area contributed by atoms with Gasteiger partial charge in [0, 0.05) is 37.8 Å². The first-order valence-electron chi connectivity index (χ1n) is 7.71. The third kappa shape index (κ3) is 5.97. The molecule has 1 saturated heterocycles. The van der Waals surface area contributed by atoms with Crippen LogP contribution in [0.15, 0.2) is 12.1 Å². The summed E-state index contributed by atoms with van der Waals surface area (Å²) in [6.45, 7) is 2.39. The summed E-state index contributed by atoms with van der Waals surface area (Å²) in [6.07, 6.45) is -5.23. The monoisotopic (exact) mass is 420 g/mol. The number of halogens is 5. The van der Waals surface area contributed by atoms with Crippen LogP contribution in [0.3, 0.4) is 0 Å². The highest BCUT2D eigenvalue weighted by molar-refractivity contribution is 5.85. The largest absolute Gasteiger partial charge is 0.493 e. The van der Waals surface area contributed by atoms with Crippen LogP contribution in [0, 0.1) is 0 Å². The molecule has 0 saturated carbocycles. The van der Waals surface area contributed by atoms with Gasteiger partial charge in [0.05, 0.1) is 27.8 Å². The lowest BCUT2D eigenvalue weighted by Gasteiger charge is -2.36. The van der Waals surface area contributed by atoms with Crippen LogP contribution in [0.4, 0.5) is 13.2 Å². The third-order valence-electron chi connectivity index (χ3n) is 4.11. The zero-order valence-electron chi connectivity index (χ0n) is 14.9. The van der Waals surface area contributed by atoms with Crippen LogP contribution in [0.25, 0.3) is 0 Å². The predicted octanol–water partition coefficient (Wildman–Crippen LogP) is 3.45. The molecule has 0 aromatic heterocycles. The molecule has 0 radical (unpaired) electrons. The second kappa shape index (κ2) is 10.9. The highest BCUT2D eigenvalue weighted by atomic mass is 35.5. The van der Waals surface area contributed by atoms with Crippen LogP contribution in [0.5, 0.6) is 17.2 Å². The summed E-state index contributed by atoms with van der Waals surface area (Å²) >= 11 is 0. The number of nitrogens with zero attached hydrogens (tertiary/aromatic N) is 1. The minimum atomic E-state index is -4.28. The molecule has 1 aromatic carbocycles. The van der Waals surface area contributed by atoms with Crippen LogP contribution in [-0.4, -0.2) is 58.6 Å². The van der Waals surface area contributed by atoms with Crippen LogP contribution in [0.1, 0.15) is 18.0 Å². The summed E-state index contributed by atoms with van der Waals surface area (Å²) < 4.78 is 55.4. The highest BCUT2D eigenvalue weighted by Gasteiger charge is 2.38. The van der Waals surface area contributed by atoms with Gasteiger partial charge in [-0.2, -0.15) is 13.2 Å². The zero-order valence-corrected chi connectivity index (χ0v) is 16.5. The van der Waals surface area contributed by atoms with Crippen LogP contribution >= 0.6 is 24.8 Å². The molecule has 0 aliphatic carbocycles. The molecule has 1 aliphatic heterocycles. The van der Waals surface area contributed by atoms with Crippen molar-refractivity contribution in [1.29, 1.82) is 0 Å². The Hall–Kier alpha value is -1.09. The minimum Gasteiger partial charge on any atom is -0.493 e. The van der Waals surface area contributed by atoms with Crippen LogP contribution in [-0.2, 0) is 0 Å². The summed E-state index contributed by atoms with van der Waals surface area (Å²) in [5, 5.41) is 3.15. The van der Waals surface area contributed by atoms with Crippen molar-refractivity contribution in [3.8, 4) is 17.2 Å². The Balaban J connectivity index is 0.00000312. The van der Waals surface area contributed by atoms with Crippen molar-refractivity contribution >= 4 is 24.8 Å². The molecule has 10 heteroatoms. The molecule has 1 aromatic rings. The molecule has 0 bridgehead atoms. The lowest BCUT2D eigenvalue weighted by atomic mass is 9.98. The number of benzene rings is 1. The fourth-order valence-corrected chi connectivity index (χ4v) is 3.04. The molecule has 5 nitrogen and oxygen atoms in total. The zero-order chi connectivity index (χ0) is 17.7. The van der Waals surface area contributed by atoms with Gasteiger partial charge in [0.15, 0.2) is 11.5 Å². The predicted molar refractivity (Wildman–Crippen MR) is 98.4 cm³/mol. The number of ether oxygens (including phenoxy) is 3. The van der Waals surface area contributed by atoms with E-state index < -0.39 is 18.6 Å². The van der Waals surface area contributed by atoms with Crippen molar-refractivity contribution in [2.24, 2.45) is 0 Å². The maximum Gasteiger partial charge on any atom is 0.390 e. The first kappa shape index (κ1) is 24.9. The normalized spacial score (nSPS) is 16.1. The number of hydrogen-bond acceptors (Lipinski definition) is 5. The molecule has 0 unspecified atom stereocenters. The quantitative estimate of drug-likeness (QED) is 0.763. The molecule has 2 rings (SSSR count). The second-order valence-corrected chi connectivity index (χ2v) is 5.54. The fraction of sp³-hybridized carbons (Fsp3) is 0.625. The number of methoxy groups -OCH3 is 3. The van der Waals surface area contributed by atoms with E-state index in [0.717, 1.165) is 0 Å². The number of hydrogen-bond donors (Lipinski definition) is 1. The maximum atomic E-state index is 13.2. The Morgan fingerprint density at radius 3 is 2.04 bits per heavy atom. The average Bonchev–Trinajstić information content (AvgIpc) is 2.58. The molecule has 1 N–H and O–H groups in total. The summed E-state index contributed by atoms with van der Waals surface area (Å²) in [6, 6.07) is 2.41. The average molecular weight is 421 g/mol. The standard InChI is InChI=1S/C16H23F3N2O3.2ClH/c1-22-13-5-4-11(14(23-2)15(13)24-3)12(10-16(17,18)19)21-8-6-20-7-9-21;;/h4-5,12,20H,6-10H2,1-3H3;2*1H/t12-;;/m1../s1. The van der Waals surface area contributed by atoms with Crippen molar-refractivity contribution in [1.82, 2.24) is 10.2 Å². The molecule has 26 heavy (non-hydrogen) atoms. The summed E-state index contributed by atoms with van der Waals surface area (Å²) in [5.41, 5.74) is 0.453. The summed E-state index contributed by atoms with van der Waals surface area (Å²) in [5.74, 6) is 1.01. The molecule has 1 aliphatic rings. The van der Waals surface area contributed by atoms with Crippen LogP contribution < -0.4 is 19.5 Å². The van der Waals surface area contributed by atoms with Crippen LogP contribution in [0.2, 0.25) is 0 Å². The Kier molecular flexibility index (Phi) is 10.5. The summed E-state index contributed by atoms with van der Waals surface area (Å²) in [4.78, 5) is 1.83. The molecule has 0 spiro atoms. The van der Waals surface area contributed by atoms with E-state index in [1.54, 1.807) is 12.1 Å². The summed E-state index contributed by atoms with van der Waals surface area (Å²) in [7, 11) is 4.33. The first-order chi connectivity index (χ1) is 11.4. The first-order valence-corrected chi connectivity index (χ1v) is 7.71. The van der Waals surface area contributed by atoms with Gasteiger partial charge in [0.2, 0.25) is 5.75 Å². The van der Waals surface area contributed by atoms with Crippen molar-refractivity contribution < 1.29 is 27.4 Å². The van der Waals surface area contributed by atoms with Gasteiger partial charge >= 0.3 is 6.18 Å². The Labute approximate surface area is 164 Å². The molecular weight excluding hydrogens is 396 g/mol. The number of piperazine rings is 1. The molecular formula is C16H25Cl2F3N2O3. The molecule has 1 heterocycles. The number of alkyl halides is 3. The van der Waals surface area contributed by atoms with Crippen molar-refractivity contribution in [2.75, 3.05) is 47.5 Å².